The highest BCUT2D eigenvalue weighted by Crippen LogP contribution is 2.21. The van der Waals surface area contributed by atoms with Crippen molar-refractivity contribution in [3.63, 3.8) is 0 Å². The topological polar surface area (TPSA) is 68.3 Å². The highest BCUT2D eigenvalue weighted by Gasteiger charge is 2.30. The average Bonchev–Trinajstić information content (AvgIpc) is 2.64. The molecule has 27 heavy (non-hydrogen) atoms. The van der Waals surface area contributed by atoms with E-state index in [9.17, 15) is 9.59 Å². The van der Waals surface area contributed by atoms with E-state index in [4.69, 9.17) is 17.3 Å². The molecule has 2 aromatic rings. The van der Waals surface area contributed by atoms with E-state index in [-0.39, 0.29) is 36.0 Å². The number of amides is 1. The summed E-state index contributed by atoms with van der Waals surface area (Å²) in [5, 5.41) is 0.601. The van der Waals surface area contributed by atoms with Gasteiger partial charge in [0.15, 0.2) is 0 Å². The Morgan fingerprint density at radius 1 is 1.26 bits per heavy atom. The minimum Gasteiger partial charge on any atom is -0.334 e. The lowest BCUT2D eigenvalue weighted by Gasteiger charge is -2.38. The van der Waals surface area contributed by atoms with Gasteiger partial charge in [-0.2, -0.15) is 0 Å². The zero-order valence-corrected chi connectivity index (χ0v) is 16.9. The Hall–Kier alpha value is -1.82. The van der Waals surface area contributed by atoms with Gasteiger partial charge in [0.1, 0.15) is 0 Å². The Labute approximate surface area is 170 Å². The Bertz CT molecular complexity index is 851. The molecular formula is C20H25Cl2N3O2. The lowest BCUT2D eigenvalue weighted by Crippen LogP contribution is -2.51. The summed E-state index contributed by atoms with van der Waals surface area (Å²) < 4.78 is 1.53. The molecule has 2 N–H and O–H groups in total. The van der Waals surface area contributed by atoms with E-state index in [1.165, 1.54) is 10.6 Å². The van der Waals surface area contributed by atoms with E-state index >= 15 is 0 Å². The largest absolute Gasteiger partial charge is 0.334 e. The van der Waals surface area contributed by atoms with Crippen LogP contribution in [0.5, 0.6) is 0 Å². The van der Waals surface area contributed by atoms with Crippen molar-refractivity contribution in [1.82, 2.24) is 9.47 Å². The number of aromatic nitrogens is 1. The zero-order chi connectivity index (χ0) is 18.7. The fraction of sp³-hybridized carbons (Fsp3) is 0.400. The monoisotopic (exact) mass is 409 g/mol. The third-order valence-electron chi connectivity index (χ3n) is 4.95. The summed E-state index contributed by atoms with van der Waals surface area (Å²) in [5.74, 6) is -0.0695. The SMILES string of the molecule is CC(N)C1CCCCN1C(=O)c1ccc(=O)n(Cc2ccccc2Cl)c1.Cl. The van der Waals surface area contributed by atoms with Crippen molar-refractivity contribution in [3.8, 4) is 0 Å². The van der Waals surface area contributed by atoms with Crippen molar-refractivity contribution in [2.24, 2.45) is 5.73 Å². The molecule has 0 radical (unpaired) electrons. The van der Waals surface area contributed by atoms with E-state index < -0.39 is 0 Å². The summed E-state index contributed by atoms with van der Waals surface area (Å²) in [6.45, 7) is 2.97. The summed E-state index contributed by atoms with van der Waals surface area (Å²) in [5.41, 5.74) is 7.26. The van der Waals surface area contributed by atoms with Crippen molar-refractivity contribution in [3.05, 3.63) is 69.1 Å². The molecule has 1 aliphatic heterocycles. The Morgan fingerprint density at radius 2 is 2.00 bits per heavy atom. The summed E-state index contributed by atoms with van der Waals surface area (Å²) in [7, 11) is 0. The van der Waals surface area contributed by atoms with Gasteiger partial charge in [-0.3, -0.25) is 9.59 Å². The van der Waals surface area contributed by atoms with Crippen molar-refractivity contribution in [2.75, 3.05) is 6.54 Å². The summed E-state index contributed by atoms with van der Waals surface area (Å²) in [6.07, 6.45) is 4.61. The van der Waals surface area contributed by atoms with Crippen LogP contribution >= 0.6 is 24.0 Å². The molecule has 3 rings (SSSR count). The standard InChI is InChI=1S/C20H24ClN3O2.ClH/c1-14(22)18-8-4-5-11-24(18)20(26)16-9-10-19(25)23(13-16)12-15-6-2-3-7-17(15)21;/h2-3,6-7,9-10,13-14,18H,4-5,8,11-12,22H2,1H3;1H. The lowest BCUT2D eigenvalue weighted by atomic mass is 9.96. The number of pyridine rings is 1. The van der Waals surface area contributed by atoms with Crippen LogP contribution in [-0.2, 0) is 6.54 Å². The number of nitrogens with zero attached hydrogens (tertiary/aromatic N) is 2. The number of hydrogen-bond donors (Lipinski definition) is 1. The first-order chi connectivity index (χ1) is 12.5. The van der Waals surface area contributed by atoms with Crippen LogP contribution in [0, 0.1) is 0 Å². The Kier molecular flexibility index (Phi) is 7.48. The second-order valence-corrected chi connectivity index (χ2v) is 7.30. The Balaban J connectivity index is 0.00000261. The molecule has 5 nitrogen and oxygen atoms in total. The highest BCUT2D eigenvalue weighted by atomic mass is 35.5. The molecule has 0 aliphatic carbocycles. The third kappa shape index (κ3) is 4.92. The smallest absolute Gasteiger partial charge is 0.255 e. The van der Waals surface area contributed by atoms with E-state index in [0.717, 1.165) is 24.8 Å². The van der Waals surface area contributed by atoms with Gasteiger partial charge in [0, 0.05) is 35.9 Å². The van der Waals surface area contributed by atoms with Crippen LogP contribution in [0.1, 0.15) is 42.1 Å². The van der Waals surface area contributed by atoms with Gasteiger partial charge in [0.05, 0.1) is 12.1 Å². The fourth-order valence-electron chi connectivity index (χ4n) is 3.51. The first-order valence-electron chi connectivity index (χ1n) is 8.98. The number of benzene rings is 1. The number of likely N-dealkylation sites (tertiary alicyclic amines) is 1. The van der Waals surface area contributed by atoms with Gasteiger partial charge in [-0.1, -0.05) is 29.8 Å². The summed E-state index contributed by atoms with van der Waals surface area (Å²) in [4.78, 5) is 27.1. The molecule has 0 bridgehead atoms. The third-order valence-corrected chi connectivity index (χ3v) is 5.31. The molecule has 1 saturated heterocycles. The molecule has 7 heteroatoms. The van der Waals surface area contributed by atoms with Crippen LogP contribution in [0.4, 0.5) is 0 Å². The van der Waals surface area contributed by atoms with E-state index in [1.54, 1.807) is 18.3 Å². The number of nitrogens with two attached hydrogens (primary N) is 1. The van der Waals surface area contributed by atoms with E-state index in [0.29, 0.717) is 23.7 Å². The number of hydrogen-bond acceptors (Lipinski definition) is 3. The maximum absolute atomic E-state index is 13.0. The first-order valence-corrected chi connectivity index (χ1v) is 9.35. The molecule has 2 atom stereocenters. The molecule has 1 fully saturated rings. The van der Waals surface area contributed by atoms with Crippen LogP contribution < -0.4 is 11.3 Å². The van der Waals surface area contributed by atoms with Gasteiger partial charge in [-0.25, -0.2) is 0 Å². The van der Waals surface area contributed by atoms with Crippen LogP contribution in [0.25, 0.3) is 0 Å². The number of halogens is 2. The van der Waals surface area contributed by atoms with Crippen LogP contribution in [0.15, 0.2) is 47.4 Å². The first kappa shape index (κ1) is 21.5. The zero-order valence-electron chi connectivity index (χ0n) is 15.3. The predicted octanol–water partition coefficient (Wildman–Crippen LogP) is 3.31. The van der Waals surface area contributed by atoms with Crippen molar-refractivity contribution < 1.29 is 4.79 Å². The number of carbonyl (C=O) groups excluding carboxylic acids is 1. The summed E-state index contributed by atoms with van der Waals surface area (Å²) >= 11 is 6.20. The number of piperidine rings is 1. The van der Waals surface area contributed by atoms with Crippen molar-refractivity contribution in [2.45, 2.75) is 44.8 Å². The second kappa shape index (κ2) is 9.40. The van der Waals surface area contributed by atoms with Gasteiger partial charge in [0.25, 0.3) is 11.5 Å². The quantitative estimate of drug-likeness (QED) is 0.841. The maximum atomic E-state index is 13.0. The maximum Gasteiger partial charge on any atom is 0.255 e. The van der Waals surface area contributed by atoms with Gasteiger partial charge in [-0.05, 0) is 43.9 Å². The lowest BCUT2D eigenvalue weighted by molar-refractivity contribution is 0.0583. The Morgan fingerprint density at radius 3 is 2.70 bits per heavy atom. The fourth-order valence-corrected chi connectivity index (χ4v) is 3.71. The van der Waals surface area contributed by atoms with Crippen LogP contribution in [-0.4, -0.2) is 34.0 Å². The van der Waals surface area contributed by atoms with Crippen LogP contribution in [0.2, 0.25) is 5.02 Å². The molecule has 1 aromatic carbocycles. The normalized spacial score (nSPS) is 17.9. The highest BCUT2D eigenvalue weighted by molar-refractivity contribution is 6.31. The summed E-state index contributed by atoms with van der Waals surface area (Å²) in [6, 6.07) is 10.4. The van der Waals surface area contributed by atoms with Gasteiger partial charge >= 0.3 is 0 Å². The number of rotatable bonds is 4. The van der Waals surface area contributed by atoms with Gasteiger partial charge < -0.3 is 15.2 Å². The van der Waals surface area contributed by atoms with E-state index in [2.05, 4.69) is 0 Å². The molecule has 146 valence electrons. The van der Waals surface area contributed by atoms with E-state index in [1.807, 2.05) is 30.0 Å². The minimum atomic E-state index is -0.163. The molecular weight excluding hydrogens is 385 g/mol. The van der Waals surface area contributed by atoms with Crippen molar-refractivity contribution >= 4 is 29.9 Å². The second-order valence-electron chi connectivity index (χ2n) is 6.90. The van der Waals surface area contributed by atoms with Gasteiger partial charge in [-0.15, -0.1) is 12.4 Å². The molecule has 1 aromatic heterocycles. The molecule has 1 aliphatic rings. The molecule has 0 saturated carbocycles. The number of carbonyl (C=O) groups is 1. The minimum absolute atomic E-state index is 0. The molecule has 2 heterocycles. The van der Waals surface area contributed by atoms with Crippen LogP contribution in [0.3, 0.4) is 0 Å². The van der Waals surface area contributed by atoms with Gasteiger partial charge in [0.2, 0.25) is 0 Å². The molecule has 0 spiro atoms. The molecule has 2 unspecified atom stereocenters. The predicted molar refractivity (Wildman–Crippen MR) is 111 cm³/mol. The average molecular weight is 410 g/mol. The van der Waals surface area contributed by atoms with Crippen molar-refractivity contribution in [1.29, 1.82) is 0 Å². The molecule has 1 amide bonds.